The Labute approximate surface area is 224 Å². The molecule has 38 heavy (non-hydrogen) atoms. The van der Waals surface area contributed by atoms with Crippen LogP contribution in [-0.4, -0.2) is 46.7 Å². The van der Waals surface area contributed by atoms with Crippen LogP contribution >= 0.6 is 11.6 Å². The van der Waals surface area contributed by atoms with E-state index in [0.717, 1.165) is 29.9 Å². The summed E-state index contributed by atoms with van der Waals surface area (Å²) in [6, 6.07) is 16.8. The second kappa shape index (κ2) is 10.6. The van der Waals surface area contributed by atoms with E-state index < -0.39 is 5.91 Å². The van der Waals surface area contributed by atoms with E-state index in [9.17, 15) is 9.59 Å². The maximum Gasteiger partial charge on any atom is 0.257 e. The average Bonchev–Trinajstić information content (AvgIpc) is 2.95. The third-order valence-electron chi connectivity index (χ3n) is 6.97. The van der Waals surface area contributed by atoms with Gasteiger partial charge < -0.3 is 19.4 Å². The van der Waals surface area contributed by atoms with Crippen LogP contribution in [0.15, 0.2) is 71.8 Å². The van der Waals surface area contributed by atoms with E-state index >= 15 is 0 Å². The molecule has 1 amide bonds. The summed E-state index contributed by atoms with van der Waals surface area (Å²) in [5.74, 6) is 0.203. The largest absolute Gasteiger partial charge is 0.480 e. The molecule has 2 aliphatic rings. The van der Waals surface area contributed by atoms with Crippen molar-refractivity contribution >= 4 is 28.4 Å². The number of hydrogen-bond donors (Lipinski definition) is 1. The number of nitrogens with one attached hydrogen (secondary N) is 1. The topological polar surface area (TPSA) is 85.7 Å². The molecule has 0 unspecified atom stereocenters. The Balaban J connectivity index is 1.38. The molecule has 0 radical (unpaired) electrons. The Morgan fingerprint density at radius 3 is 2.66 bits per heavy atom. The van der Waals surface area contributed by atoms with Gasteiger partial charge in [-0.1, -0.05) is 29.8 Å². The molecule has 0 saturated carbocycles. The van der Waals surface area contributed by atoms with E-state index in [1.54, 1.807) is 24.5 Å². The molecular formula is C29H27ClN4O4. The fourth-order valence-corrected chi connectivity index (χ4v) is 5.16. The van der Waals surface area contributed by atoms with Gasteiger partial charge in [-0.15, -0.1) is 0 Å². The maximum atomic E-state index is 13.7. The first kappa shape index (κ1) is 24.6. The number of carbonyl (C=O) groups is 1. The molecule has 9 heteroatoms. The van der Waals surface area contributed by atoms with Gasteiger partial charge in [-0.05, 0) is 47.5 Å². The van der Waals surface area contributed by atoms with Crippen LogP contribution in [-0.2, 0) is 24.4 Å². The van der Waals surface area contributed by atoms with Crippen molar-refractivity contribution in [1.29, 1.82) is 0 Å². The molecule has 0 spiro atoms. The second-order valence-corrected chi connectivity index (χ2v) is 10.0. The van der Waals surface area contributed by atoms with Gasteiger partial charge >= 0.3 is 0 Å². The molecular weight excluding hydrogens is 504 g/mol. The smallest absolute Gasteiger partial charge is 0.257 e. The highest BCUT2D eigenvalue weighted by Crippen LogP contribution is 2.36. The molecule has 1 saturated heterocycles. The van der Waals surface area contributed by atoms with Gasteiger partial charge in [0, 0.05) is 43.6 Å². The summed E-state index contributed by atoms with van der Waals surface area (Å²) in [6.07, 6.45) is 3.03. The average molecular weight is 531 g/mol. The van der Waals surface area contributed by atoms with Crippen LogP contribution in [0.5, 0.6) is 5.75 Å². The van der Waals surface area contributed by atoms with Crippen LogP contribution in [0, 0.1) is 0 Å². The highest BCUT2D eigenvalue weighted by Gasteiger charge is 2.28. The summed E-state index contributed by atoms with van der Waals surface area (Å²) < 4.78 is 13.8. The first-order valence-electron chi connectivity index (χ1n) is 12.7. The van der Waals surface area contributed by atoms with Crippen molar-refractivity contribution < 1.29 is 14.3 Å². The third kappa shape index (κ3) is 5.03. The Hall–Kier alpha value is -3.72. The summed E-state index contributed by atoms with van der Waals surface area (Å²) in [5, 5.41) is 3.99. The first-order chi connectivity index (χ1) is 18.5. The van der Waals surface area contributed by atoms with E-state index in [1.165, 1.54) is 0 Å². The molecule has 194 valence electrons. The van der Waals surface area contributed by atoms with Crippen molar-refractivity contribution in [3.8, 4) is 5.75 Å². The lowest BCUT2D eigenvalue weighted by Crippen LogP contribution is -2.36. The van der Waals surface area contributed by atoms with Crippen LogP contribution in [0.3, 0.4) is 0 Å². The van der Waals surface area contributed by atoms with Gasteiger partial charge in [-0.25, -0.2) is 0 Å². The Morgan fingerprint density at radius 1 is 1.08 bits per heavy atom. The van der Waals surface area contributed by atoms with Crippen molar-refractivity contribution in [3.05, 3.63) is 105 Å². The number of benzene rings is 2. The molecule has 1 fully saturated rings. The lowest BCUT2D eigenvalue weighted by Gasteiger charge is -2.30. The SMILES string of the molecule is O=C(NCc1ccc(Cl)cc1)c1cn2c3c(cc(CN4CCOCC4)cc3c1=O)O[C@H](c1ccccn1)C2. The van der Waals surface area contributed by atoms with Gasteiger partial charge in [0.2, 0.25) is 5.43 Å². The van der Waals surface area contributed by atoms with Crippen LogP contribution < -0.4 is 15.5 Å². The number of rotatable bonds is 6. The zero-order chi connectivity index (χ0) is 26.1. The molecule has 1 atom stereocenters. The Morgan fingerprint density at radius 2 is 1.89 bits per heavy atom. The van der Waals surface area contributed by atoms with Crippen molar-refractivity contribution in [2.45, 2.75) is 25.7 Å². The molecule has 1 N–H and O–H groups in total. The van der Waals surface area contributed by atoms with Crippen molar-refractivity contribution in [2.24, 2.45) is 0 Å². The number of amides is 1. The number of carbonyl (C=O) groups excluding carboxylic acids is 1. The quantitative estimate of drug-likeness (QED) is 0.406. The summed E-state index contributed by atoms with van der Waals surface area (Å²) >= 11 is 5.97. The third-order valence-corrected chi connectivity index (χ3v) is 7.22. The number of nitrogens with zero attached hydrogens (tertiary/aromatic N) is 3. The lowest BCUT2D eigenvalue weighted by atomic mass is 10.0. The van der Waals surface area contributed by atoms with Crippen molar-refractivity contribution in [1.82, 2.24) is 19.8 Å². The number of aromatic nitrogens is 2. The number of hydrogen-bond acceptors (Lipinski definition) is 6. The maximum absolute atomic E-state index is 13.7. The molecule has 0 bridgehead atoms. The van der Waals surface area contributed by atoms with Crippen LogP contribution in [0.4, 0.5) is 0 Å². The minimum absolute atomic E-state index is 0.0996. The normalized spacial score (nSPS) is 17.2. The highest BCUT2D eigenvalue weighted by molar-refractivity contribution is 6.30. The summed E-state index contributed by atoms with van der Waals surface area (Å²) in [5.41, 5.74) is 3.12. The lowest BCUT2D eigenvalue weighted by molar-refractivity contribution is 0.0341. The fraction of sp³-hybridized carbons (Fsp3) is 0.276. The zero-order valence-corrected chi connectivity index (χ0v) is 21.5. The van der Waals surface area contributed by atoms with Gasteiger partial charge in [0.1, 0.15) is 11.3 Å². The summed E-state index contributed by atoms with van der Waals surface area (Å²) in [4.78, 5) is 33.7. The predicted molar refractivity (Wildman–Crippen MR) is 145 cm³/mol. The minimum Gasteiger partial charge on any atom is -0.480 e. The van der Waals surface area contributed by atoms with Gasteiger partial charge in [0.25, 0.3) is 5.91 Å². The van der Waals surface area contributed by atoms with Crippen molar-refractivity contribution in [3.63, 3.8) is 0 Å². The predicted octanol–water partition coefficient (Wildman–Crippen LogP) is 3.95. The Bertz CT molecular complexity index is 1530. The van der Waals surface area contributed by atoms with Crippen molar-refractivity contribution in [2.75, 3.05) is 26.3 Å². The van der Waals surface area contributed by atoms with E-state index in [0.29, 0.717) is 48.0 Å². The molecule has 8 nitrogen and oxygen atoms in total. The van der Waals surface area contributed by atoms with Gasteiger partial charge in [0.15, 0.2) is 6.10 Å². The van der Waals surface area contributed by atoms with E-state index in [2.05, 4.69) is 15.2 Å². The monoisotopic (exact) mass is 530 g/mol. The van der Waals surface area contributed by atoms with Crippen LogP contribution in [0.25, 0.3) is 10.9 Å². The number of ether oxygens (including phenoxy) is 2. The van der Waals surface area contributed by atoms with E-state index in [1.807, 2.05) is 47.0 Å². The molecule has 2 aliphatic heterocycles. The highest BCUT2D eigenvalue weighted by atomic mass is 35.5. The van der Waals surface area contributed by atoms with Crippen LogP contribution in [0.1, 0.15) is 33.3 Å². The fourth-order valence-electron chi connectivity index (χ4n) is 5.03. The van der Waals surface area contributed by atoms with Gasteiger partial charge in [-0.2, -0.15) is 0 Å². The van der Waals surface area contributed by atoms with E-state index in [-0.39, 0.29) is 23.6 Å². The molecule has 2 aromatic heterocycles. The standard InChI is InChI=1S/C29H27ClN4O4/c30-21-6-4-19(5-7-21)15-32-29(36)23-17-34-18-26(24-3-1-2-8-31-24)38-25-14-20(13-22(27(25)34)28(23)35)16-33-9-11-37-12-10-33/h1-8,13-14,17,26H,9-12,15-16,18H2,(H,32,36)/t26-/m0/s1. The number of morpholine rings is 1. The molecule has 0 aliphatic carbocycles. The number of halogens is 1. The van der Waals surface area contributed by atoms with Crippen LogP contribution in [0.2, 0.25) is 5.02 Å². The van der Waals surface area contributed by atoms with Gasteiger partial charge in [-0.3, -0.25) is 19.5 Å². The summed E-state index contributed by atoms with van der Waals surface area (Å²) in [6.45, 7) is 4.39. The second-order valence-electron chi connectivity index (χ2n) is 9.57. The van der Waals surface area contributed by atoms with Gasteiger partial charge in [0.05, 0.1) is 36.4 Å². The first-order valence-corrected chi connectivity index (χ1v) is 13.0. The zero-order valence-electron chi connectivity index (χ0n) is 20.7. The molecule has 4 heterocycles. The molecule has 6 rings (SSSR count). The molecule has 4 aromatic rings. The summed E-state index contributed by atoms with van der Waals surface area (Å²) in [7, 11) is 0. The minimum atomic E-state index is -0.420. The Kier molecular flexibility index (Phi) is 6.84. The van der Waals surface area contributed by atoms with E-state index in [4.69, 9.17) is 21.1 Å². The molecule has 2 aromatic carbocycles. The number of pyridine rings is 2.